The van der Waals surface area contributed by atoms with Crippen molar-refractivity contribution in [2.45, 2.75) is 32.1 Å². The molecule has 0 bridgehead atoms. The Kier molecular flexibility index (Phi) is 7.06. The molecule has 1 saturated carbocycles. The zero-order valence-electron chi connectivity index (χ0n) is 20.3. The van der Waals surface area contributed by atoms with Crippen LogP contribution in [0.25, 0.3) is 0 Å². The lowest BCUT2D eigenvalue weighted by Crippen LogP contribution is -2.50. The Labute approximate surface area is 210 Å². The van der Waals surface area contributed by atoms with Crippen LogP contribution < -0.4 is 15.5 Å². The minimum absolute atomic E-state index is 0.00796. The molecule has 3 aliphatic rings. The van der Waals surface area contributed by atoms with Crippen LogP contribution in [0, 0.1) is 11.7 Å². The van der Waals surface area contributed by atoms with Crippen molar-refractivity contribution in [1.82, 2.24) is 9.80 Å². The number of urea groups is 1. The first-order valence-electron chi connectivity index (χ1n) is 12.8. The minimum Gasteiger partial charge on any atom is -0.367 e. The monoisotopic (exact) mass is 493 g/mol. The summed E-state index contributed by atoms with van der Waals surface area (Å²) in [5.41, 5.74) is 2.18. The van der Waals surface area contributed by atoms with Crippen LogP contribution in [0.1, 0.15) is 42.5 Å². The van der Waals surface area contributed by atoms with Crippen LogP contribution in [0.4, 0.5) is 26.2 Å². The molecule has 0 radical (unpaired) electrons. The van der Waals surface area contributed by atoms with Crippen LogP contribution in [-0.2, 0) is 4.79 Å². The second kappa shape index (κ2) is 10.6. The predicted molar refractivity (Wildman–Crippen MR) is 137 cm³/mol. The highest BCUT2D eigenvalue weighted by Gasteiger charge is 2.31. The Balaban J connectivity index is 1.30. The molecule has 190 valence electrons. The van der Waals surface area contributed by atoms with Crippen molar-refractivity contribution in [2.75, 3.05) is 54.8 Å². The van der Waals surface area contributed by atoms with Gasteiger partial charge in [0.2, 0.25) is 5.91 Å². The van der Waals surface area contributed by atoms with Crippen LogP contribution in [-0.4, -0.2) is 66.9 Å². The molecular formula is C27H32FN5O3. The number of hydrogen-bond donors (Lipinski definition) is 2. The van der Waals surface area contributed by atoms with E-state index in [9.17, 15) is 18.8 Å². The van der Waals surface area contributed by atoms with Gasteiger partial charge in [0.15, 0.2) is 0 Å². The van der Waals surface area contributed by atoms with Crippen LogP contribution in [0.5, 0.6) is 0 Å². The highest BCUT2D eigenvalue weighted by Crippen LogP contribution is 2.32. The molecule has 0 unspecified atom stereocenters. The number of carbonyl (C=O) groups is 3. The fourth-order valence-corrected chi connectivity index (χ4v) is 4.83. The maximum atomic E-state index is 13.9. The number of anilines is 3. The van der Waals surface area contributed by atoms with E-state index in [0.29, 0.717) is 37.4 Å². The van der Waals surface area contributed by atoms with E-state index in [4.69, 9.17) is 0 Å². The lowest BCUT2D eigenvalue weighted by atomic mass is 10.1. The van der Waals surface area contributed by atoms with E-state index in [-0.39, 0.29) is 29.5 Å². The van der Waals surface area contributed by atoms with Crippen molar-refractivity contribution in [3.63, 3.8) is 0 Å². The highest BCUT2D eigenvalue weighted by molar-refractivity contribution is 6.02. The van der Waals surface area contributed by atoms with Crippen molar-refractivity contribution >= 4 is 34.9 Å². The van der Waals surface area contributed by atoms with E-state index < -0.39 is 5.82 Å². The first-order chi connectivity index (χ1) is 17.5. The van der Waals surface area contributed by atoms with E-state index in [2.05, 4.69) is 15.5 Å². The van der Waals surface area contributed by atoms with Crippen LogP contribution in [0.2, 0.25) is 0 Å². The smallest absolute Gasteiger partial charge is 0.322 e. The number of rotatable bonds is 5. The Bertz CT molecular complexity index is 1140. The Morgan fingerprint density at radius 1 is 0.806 bits per heavy atom. The molecule has 0 aromatic heterocycles. The molecule has 2 aliphatic heterocycles. The number of likely N-dealkylation sites (tertiary alicyclic amines) is 1. The topological polar surface area (TPSA) is 85.0 Å². The summed E-state index contributed by atoms with van der Waals surface area (Å²) >= 11 is 0. The first-order valence-corrected chi connectivity index (χ1v) is 12.8. The van der Waals surface area contributed by atoms with Crippen molar-refractivity contribution in [2.24, 2.45) is 5.92 Å². The second-order valence-electron chi connectivity index (χ2n) is 9.73. The maximum Gasteiger partial charge on any atom is 0.322 e. The van der Waals surface area contributed by atoms with Crippen LogP contribution in [0.15, 0.2) is 42.5 Å². The standard InChI is InChI=1S/C27H32FN5O3/c28-22-6-2-3-7-23(22)30-27(36)33-16-14-31(15-17-33)24-11-10-20(29-25(34)19-8-9-19)18-21(24)26(35)32-12-4-1-5-13-32/h2-3,6-7,10-11,18-19H,1,4-5,8-9,12-17H2,(H,29,34)(H,30,36). The quantitative estimate of drug-likeness (QED) is 0.655. The van der Waals surface area contributed by atoms with E-state index in [0.717, 1.165) is 50.9 Å². The predicted octanol–water partition coefficient (Wildman–Crippen LogP) is 4.15. The van der Waals surface area contributed by atoms with E-state index in [1.807, 2.05) is 17.0 Å². The summed E-state index contributed by atoms with van der Waals surface area (Å²) in [6, 6.07) is 11.3. The SMILES string of the molecule is O=C(Nc1ccc(N2CCN(C(=O)Nc3ccccc3F)CC2)c(C(=O)N2CCCCC2)c1)C1CC1. The number of carbonyl (C=O) groups excluding carboxylic acids is 3. The molecule has 0 spiro atoms. The molecule has 2 aromatic carbocycles. The van der Waals surface area contributed by atoms with Gasteiger partial charge in [-0.25, -0.2) is 9.18 Å². The molecule has 36 heavy (non-hydrogen) atoms. The summed E-state index contributed by atoms with van der Waals surface area (Å²) in [5, 5.41) is 5.60. The highest BCUT2D eigenvalue weighted by atomic mass is 19.1. The molecule has 4 amide bonds. The van der Waals surface area contributed by atoms with E-state index >= 15 is 0 Å². The van der Waals surface area contributed by atoms with Gasteiger partial charge in [-0.05, 0) is 62.4 Å². The molecule has 2 N–H and O–H groups in total. The summed E-state index contributed by atoms with van der Waals surface area (Å²) < 4.78 is 13.9. The number of piperazine rings is 1. The largest absolute Gasteiger partial charge is 0.367 e. The van der Waals surface area contributed by atoms with Crippen molar-refractivity contribution in [1.29, 1.82) is 0 Å². The van der Waals surface area contributed by atoms with Gasteiger partial charge in [0.25, 0.3) is 5.91 Å². The van der Waals surface area contributed by atoms with E-state index in [1.54, 1.807) is 23.1 Å². The zero-order chi connectivity index (χ0) is 25.1. The maximum absolute atomic E-state index is 13.9. The molecule has 5 rings (SSSR count). The fraction of sp³-hybridized carbons (Fsp3) is 0.444. The Morgan fingerprint density at radius 2 is 1.53 bits per heavy atom. The number of amides is 4. The average Bonchev–Trinajstić information content (AvgIpc) is 3.76. The van der Waals surface area contributed by atoms with Gasteiger partial charge in [-0.1, -0.05) is 12.1 Å². The number of nitrogens with one attached hydrogen (secondary N) is 2. The van der Waals surface area contributed by atoms with Gasteiger partial charge in [-0.2, -0.15) is 0 Å². The molecule has 9 heteroatoms. The summed E-state index contributed by atoms with van der Waals surface area (Å²) in [6.07, 6.45) is 4.95. The molecule has 2 heterocycles. The Hall–Kier alpha value is -3.62. The average molecular weight is 494 g/mol. The van der Waals surface area contributed by atoms with Crippen molar-refractivity contribution in [3.05, 3.63) is 53.8 Å². The molecule has 8 nitrogen and oxygen atoms in total. The van der Waals surface area contributed by atoms with Gasteiger partial charge in [0, 0.05) is 56.6 Å². The third-order valence-corrected chi connectivity index (χ3v) is 7.11. The van der Waals surface area contributed by atoms with Gasteiger partial charge < -0.3 is 25.3 Å². The summed E-state index contributed by atoms with van der Waals surface area (Å²) in [7, 11) is 0. The number of halogens is 1. The third-order valence-electron chi connectivity index (χ3n) is 7.11. The summed E-state index contributed by atoms with van der Waals surface area (Å²) in [6.45, 7) is 3.44. The molecular weight excluding hydrogens is 461 g/mol. The summed E-state index contributed by atoms with van der Waals surface area (Å²) in [4.78, 5) is 44.2. The fourth-order valence-electron chi connectivity index (χ4n) is 4.83. The first kappa shape index (κ1) is 24.1. The van der Waals surface area contributed by atoms with Crippen LogP contribution in [0.3, 0.4) is 0 Å². The normalized spacial score (nSPS) is 18.1. The van der Waals surface area contributed by atoms with Crippen molar-refractivity contribution < 1.29 is 18.8 Å². The number of hydrogen-bond acceptors (Lipinski definition) is 4. The van der Waals surface area contributed by atoms with Gasteiger partial charge in [0.05, 0.1) is 11.3 Å². The number of nitrogens with zero attached hydrogens (tertiary/aromatic N) is 3. The lowest BCUT2D eigenvalue weighted by molar-refractivity contribution is -0.117. The number of para-hydroxylation sites is 1. The second-order valence-corrected chi connectivity index (χ2v) is 9.73. The molecule has 2 aromatic rings. The van der Waals surface area contributed by atoms with E-state index in [1.165, 1.54) is 12.1 Å². The van der Waals surface area contributed by atoms with Gasteiger partial charge >= 0.3 is 6.03 Å². The van der Waals surface area contributed by atoms with Crippen molar-refractivity contribution in [3.8, 4) is 0 Å². The molecule has 3 fully saturated rings. The minimum atomic E-state index is -0.473. The number of benzene rings is 2. The third kappa shape index (κ3) is 5.45. The van der Waals surface area contributed by atoms with Gasteiger partial charge in [-0.15, -0.1) is 0 Å². The van der Waals surface area contributed by atoms with Crippen LogP contribution >= 0.6 is 0 Å². The molecule has 0 atom stereocenters. The molecule has 2 saturated heterocycles. The zero-order valence-corrected chi connectivity index (χ0v) is 20.3. The molecule has 1 aliphatic carbocycles. The summed E-state index contributed by atoms with van der Waals surface area (Å²) in [5.74, 6) is -0.408. The number of piperidine rings is 1. The lowest BCUT2D eigenvalue weighted by Gasteiger charge is -2.37. The Morgan fingerprint density at radius 3 is 2.22 bits per heavy atom. The van der Waals surface area contributed by atoms with Gasteiger partial charge in [0.1, 0.15) is 5.82 Å². The van der Waals surface area contributed by atoms with Gasteiger partial charge in [-0.3, -0.25) is 9.59 Å².